The fourth-order valence-electron chi connectivity index (χ4n) is 2.36. The molecule has 1 aliphatic heterocycles. The first-order valence-corrected chi connectivity index (χ1v) is 7.66. The number of carbonyl (C=O) groups excluding carboxylic acids is 1. The Hall–Kier alpha value is -2.12. The van der Waals surface area contributed by atoms with Crippen LogP contribution in [-0.4, -0.2) is 23.6 Å². The van der Waals surface area contributed by atoms with Crippen LogP contribution in [0.1, 0.15) is 42.0 Å². The van der Waals surface area contributed by atoms with E-state index in [1.54, 1.807) is 6.92 Å². The van der Waals surface area contributed by atoms with Gasteiger partial charge in [0.05, 0.1) is 24.6 Å². The van der Waals surface area contributed by atoms with Gasteiger partial charge in [0.15, 0.2) is 0 Å². The normalized spacial score (nSPS) is 13.7. The van der Waals surface area contributed by atoms with Gasteiger partial charge >= 0.3 is 5.97 Å². The van der Waals surface area contributed by atoms with Gasteiger partial charge in [0.1, 0.15) is 17.1 Å². The third-order valence-electron chi connectivity index (χ3n) is 3.47. The standard InChI is InChI=1S/C15H15NO5S/c1-8-11(15(18)19)5-10(21-8)6-16-14(17)13-4-9-7-20-3-2-12(9)22-13/h4-5H,2-3,6-7H2,1H3,(H,16,17)(H,18,19). The zero-order valence-electron chi connectivity index (χ0n) is 12.0. The number of ether oxygens (including phenoxy) is 1. The Labute approximate surface area is 130 Å². The van der Waals surface area contributed by atoms with Gasteiger partial charge in [0.2, 0.25) is 0 Å². The van der Waals surface area contributed by atoms with Gasteiger partial charge in [-0.05, 0) is 24.6 Å². The minimum Gasteiger partial charge on any atom is -0.478 e. The predicted molar refractivity (Wildman–Crippen MR) is 79.3 cm³/mol. The molecule has 2 N–H and O–H groups in total. The Kier molecular flexibility index (Phi) is 4.00. The van der Waals surface area contributed by atoms with Gasteiger partial charge in [-0.2, -0.15) is 0 Å². The number of rotatable bonds is 4. The fraction of sp³-hybridized carbons (Fsp3) is 0.333. The number of nitrogens with one attached hydrogen (secondary N) is 1. The number of furan rings is 1. The van der Waals surface area contributed by atoms with Crippen molar-refractivity contribution in [3.05, 3.63) is 44.5 Å². The van der Waals surface area contributed by atoms with Gasteiger partial charge in [-0.1, -0.05) is 0 Å². The highest BCUT2D eigenvalue weighted by atomic mass is 32.1. The SMILES string of the molecule is Cc1oc(CNC(=O)c2cc3c(s2)CCOC3)cc1C(=O)O. The van der Waals surface area contributed by atoms with Crippen molar-refractivity contribution in [1.82, 2.24) is 5.32 Å². The predicted octanol–water partition coefficient (Wildman–Crippen LogP) is 2.35. The molecule has 22 heavy (non-hydrogen) atoms. The third-order valence-corrected chi connectivity index (χ3v) is 4.71. The van der Waals surface area contributed by atoms with Crippen LogP contribution in [0.2, 0.25) is 0 Å². The molecule has 116 valence electrons. The van der Waals surface area contributed by atoms with Crippen molar-refractivity contribution in [2.24, 2.45) is 0 Å². The highest BCUT2D eigenvalue weighted by Crippen LogP contribution is 2.27. The van der Waals surface area contributed by atoms with Gasteiger partial charge in [-0.3, -0.25) is 4.79 Å². The van der Waals surface area contributed by atoms with E-state index < -0.39 is 5.97 Å². The van der Waals surface area contributed by atoms with Crippen molar-refractivity contribution in [1.29, 1.82) is 0 Å². The number of aryl methyl sites for hydroxylation is 1. The van der Waals surface area contributed by atoms with E-state index in [9.17, 15) is 9.59 Å². The fourth-order valence-corrected chi connectivity index (χ4v) is 3.42. The molecule has 0 aliphatic carbocycles. The Morgan fingerprint density at radius 2 is 2.23 bits per heavy atom. The molecule has 3 heterocycles. The zero-order chi connectivity index (χ0) is 15.7. The largest absolute Gasteiger partial charge is 0.478 e. The maximum absolute atomic E-state index is 12.2. The van der Waals surface area contributed by atoms with E-state index in [-0.39, 0.29) is 18.0 Å². The number of thiophene rings is 1. The van der Waals surface area contributed by atoms with Crippen LogP contribution in [0.25, 0.3) is 0 Å². The summed E-state index contributed by atoms with van der Waals surface area (Å²) >= 11 is 1.48. The maximum atomic E-state index is 12.2. The number of amides is 1. The molecule has 2 aromatic rings. The number of fused-ring (bicyclic) bond motifs is 1. The summed E-state index contributed by atoms with van der Waals surface area (Å²) in [6.07, 6.45) is 0.840. The first kappa shape index (κ1) is 14.8. The Morgan fingerprint density at radius 1 is 1.41 bits per heavy atom. The summed E-state index contributed by atoms with van der Waals surface area (Å²) in [4.78, 5) is 24.9. The highest BCUT2D eigenvalue weighted by molar-refractivity contribution is 7.14. The molecule has 0 unspecified atom stereocenters. The van der Waals surface area contributed by atoms with E-state index in [1.165, 1.54) is 22.3 Å². The van der Waals surface area contributed by atoms with Crippen LogP contribution in [0.4, 0.5) is 0 Å². The first-order chi connectivity index (χ1) is 10.5. The molecule has 1 aliphatic rings. The molecule has 0 spiro atoms. The van der Waals surface area contributed by atoms with Crippen LogP contribution < -0.4 is 5.32 Å². The average Bonchev–Trinajstić information content (AvgIpc) is 3.08. The minimum absolute atomic E-state index is 0.119. The van der Waals surface area contributed by atoms with E-state index in [1.807, 2.05) is 6.07 Å². The van der Waals surface area contributed by atoms with Crippen LogP contribution in [0, 0.1) is 6.92 Å². The molecule has 0 atom stereocenters. The first-order valence-electron chi connectivity index (χ1n) is 6.84. The monoisotopic (exact) mass is 321 g/mol. The highest BCUT2D eigenvalue weighted by Gasteiger charge is 2.18. The van der Waals surface area contributed by atoms with Crippen molar-refractivity contribution in [2.75, 3.05) is 6.61 Å². The smallest absolute Gasteiger partial charge is 0.339 e. The minimum atomic E-state index is -1.04. The van der Waals surface area contributed by atoms with Crippen LogP contribution in [0.3, 0.4) is 0 Å². The summed E-state index contributed by atoms with van der Waals surface area (Å²) in [6, 6.07) is 3.29. The molecule has 0 aromatic carbocycles. The second kappa shape index (κ2) is 5.94. The third kappa shape index (κ3) is 2.90. The van der Waals surface area contributed by atoms with Crippen LogP contribution in [0.15, 0.2) is 16.5 Å². The van der Waals surface area contributed by atoms with E-state index in [0.717, 1.165) is 12.0 Å². The summed E-state index contributed by atoms with van der Waals surface area (Å²) in [5.41, 5.74) is 1.19. The number of hydrogen-bond donors (Lipinski definition) is 2. The molecule has 0 radical (unpaired) electrons. The van der Waals surface area contributed by atoms with Gasteiger partial charge < -0.3 is 19.6 Å². The number of carbonyl (C=O) groups is 2. The number of carboxylic acid groups (broad SMARTS) is 1. The lowest BCUT2D eigenvalue weighted by Crippen LogP contribution is -2.21. The summed E-state index contributed by atoms with van der Waals surface area (Å²) < 4.78 is 10.7. The van der Waals surface area contributed by atoms with Crippen LogP contribution in [0.5, 0.6) is 0 Å². The van der Waals surface area contributed by atoms with E-state index in [2.05, 4.69) is 5.32 Å². The van der Waals surface area contributed by atoms with E-state index in [4.69, 9.17) is 14.3 Å². The summed E-state index contributed by atoms with van der Waals surface area (Å²) in [7, 11) is 0. The van der Waals surface area contributed by atoms with Crippen molar-refractivity contribution in [3.8, 4) is 0 Å². The van der Waals surface area contributed by atoms with Crippen molar-refractivity contribution in [3.63, 3.8) is 0 Å². The lowest BCUT2D eigenvalue weighted by molar-refractivity contribution is 0.0694. The van der Waals surface area contributed by atoms with E-state index in [0.29, 0.717) is 29.6 Å². The lowest BCUT2D eigenvalue weighted by Gasteiger charge is -2.10. The quantitative estimate of drug-likeness (QED) is 0.902. The molecular weight excluding hydrogens is 306 g/mol. The number of aromatic carboxylic acids is 1. The van der Waals surface area contributed by atoms with Crippen LogP contribution >= 0.6 is 11.3 Å². The average molecular weight is 321 g/mol. The Balaban J connectivity index is 1.66. The number of carboxylic acids is 1. The molecule has 1 amide bonds. The Bertz CT molecular complexity index is 707. The molecular formula is C15H15NO5S. The summed E-state index contributed by atoms with van der Waals surface area (Å²) in [5, 5.41) is 11.7. The lowest BCUT2D eigenvalue weighted by atomic mass is 10.2. The van der Waals surface area contributed by atoms with Gasteiger partial charge in [-0.15, -0.1) is 11.3 Å². The zero-order valence-corrected chi connectivity index (χ0v) is 12.8. The van der Waals surface area contributed by atoms with E-state index >= 15 is 0 Å². The summed E-state index contributed by atoms with van der Waals surface area (Å²) in [5.74, 6) is -0.469. The molecule has 0 bridgehead atoms. The molecule has 0 saturated heterocycles. The maximum Gasteiger partial charge on any atom is 0.339 e. The van der Waals surface area contributed by atoms with Gasteiger partial charge in [-0.25, -0.2) is 4.79 Å². The summed E-state index contributed by atoms with van der Waals surface area (Å²) in [6.45, 7) is 2.99. The van der Waals surface area contributed by atoms with Crippen molar-refractivity contribution < 1.29 is 23.8 Å². The number of hydrogen-bond acceptors (Lipinski definition) is 5. The van der Waals surface area contributed by atoms with Crippen molar-refractivity contribution >= 4 is 23.2 Å². The Morgan fingerprint density at radius 3 is 2.91 bits per heavy atom. The molecule has 7 heteroatoms. The second-order valence-electron chi connectivity index (χ2n) is 5.03. The molecule has 2 aromatic heterocycles. The topological polar surface area (TPSA) is 88.8 Å². The second-order valence-corrected chi connectivity index (χ2v) is 6.17. The van der Waals surface area contributed by atoms with Crippen molar-refractivity contribution in [2.45, 2.75) is 26.5 Å². The molecule has 6 nitrogen and oxygen atoms in total. The molecule has 0 saturated carbocycles. The molecule has 0 fully saturated rings. The molecule has 3 rings (SSSR count). The van der Waals surface area contributed by atoms with Gasteiger partial charge in [0, 0.05) is 11.3 Å². The van der Waals surface area contributed by atoms with Gasteiger partial charge in [0.25, 0.3) is 5.91 Å². The van der Waals surface area contributed by atoms with Crippen LogP contribution in [-0.2, 0) is 24.3 Å².